The number of rotatable bonds is 5. The van der Waals surface area contributed by atoms with Crippen molar-refractivity contribution >= 4 is 26.7 Å². The van der Waals surface area contributed by atoms with E-state index in [1.54, 1.807) is 19.2 Å². The molecular weight excluding hydrogens is 288 g/mol. The zero-order chi connectivity index (χ0) is 15.8. The molecule has 0 bridgehead atoms. The first-order valence-corrected chi connectivity index (χ1v) is 7.90. The number of hydrogen-bond donors (Lipinski definition) is 3. The van der Waals surface area contributed by atoms with Crippen molar-refractivity contribution in [3.63, 3.8) is 0 Å². The van der Waals surface area contributed by atoms with Gasteiger partial charge in [0, 0.05) is 13.1 Å². The van der Waals surface area contributed by atoms with E-state index in [1.165, 1.54) is 11.3 Å². The van der Waals surface area contributed by atoms with E-state index in [-0.39, 0.29) is 11.9 Å². The second kappa shape index (κ2) is 8.69. The molecule has 1 heterocycles. The van der Waals surface area contributed by atoms with Gasteiger partial charge in [-0.25, -0.2) is 4.98 Å². The molecule has 1 unspecified atom stereocenters. The topological polar surface area (TPSA) is 74.6 Å². The first-order valence-electron chi connectivity index (χ1n) is 7.09. The highest BCUT2D eigenvalue weighted by atomic mass is 32.1. The monoisotopic (exact) mass is 312 g/mol. The molecule has 0 amide bonds. The molecule has 0 saturated carbocycles. The molecule has 1 atom stereocenters. The number of anilines is 1. The van der Waals surface area contributed by atoms with Gasteiger partial charge in [0.05, 0.1) is 17.9 Å². The van der Waals surface area contributed by atoms with Crippen LogP contribution >= 0.6 is 11.3 Å². The number of ether oxygens (including phenoxy) is 1. The van der Waals surface area contributed by atoms with Crippen LogP contribution < -0.4 is 10.1 Å². The predicted molar refractivity (Wildman–Crippen MR) is 88.6 cm³/mol. The van der Waals surface area contributed by atoms with E-state index in [4.69, 9.17) is 9.84 Å². The van der Waals surface area contributed by atoms with Crippen molar-refractivity contribution < 1.29 is 14.9 Å². The lowest BCUT2D eigenvalue weighted by Crippen LogP contribution is -2.01. The lowest BCUT2D eigenvalue weighted by atomic mass is 10.2. The van der Waals surface area contributed by atoms with Crippen molar-refractivity contribution in [3.05, 3.63) is 12.1 Å². The van der Waals surface area contributed by atoms with Crippen molar-refractivity contribution in [3.8, 4) is 11.5 Å². The molecule has 6 heteroatoms. The molecule has 2 rings (SSSR count). The average Bonchev–Trinajstić information content (AvgIpc) is 2.90. The minimum absolute atomic E-state index is 0.0509. The van der Waals surface area contributed by atoms with Crippen LogP contribution in [0.5, 0.6) is 11.5 Å². The lowest BCUT2D eigenvalue weighted by molar-refractivity contribution is 0.159. The van der Waals surface area contributed by atoms with E-state index < -0.39 is 0 Å². The molecule has 21 heavy (non-hydrogen) atoms. The third-order valence-electron chi connectivity index (χ3n) is 2.97. The van der Waals surface area contributed by atoms with Gasteiger partial charge >= 0.3 is 0 Å². The summed E-state index contributed by atoms with van der Waals surface area (Å²) in [5, 5.41) is 22.0. The van der Waals surface area contributed by atoms with E-state index in [2.05, 4.69) is 17.2 Å². The quantitative estimate of drug-likeness (QED) is 0.786. The van der Waals surface area contributed by atoms with Crippen LogP contribution in [0.15, 0.2) is 12.1 Å². The van der Waals surface area contributed by atoms with Crippen LogP contribution in [0, 0.1) is 0 Å². The second-order valence-electron chi connectivity index (χ2n) is 4.61. The van der Waals surface area contributed by atoms with Gasteiger partial charge in [-0.15, -0.1) is 0 Å². The third-order valence-corrected chi connectivity index (χ3v) is 3.99. The number of phenolic OH excluding ortho intramolecular Hbond substituents is 1. The third kappa shape index (κ3) is 5.06. The summed E-state index contributed by atoms with van der Waals surface area (Å²) in [7, 11) is 3.37. The summed E-state index contributed by atoms with van der Waals surface area (Å²) in [6.07, 6.45) is 2.89. The zero-order valence-corrected chi connectivity index (χ0v) is 13.8. The first-order chi connectivity index (χ1) is 10.0. The number of aliphatic hydroxyl groups excluding tert-OH is 1. The van der Waals surface area contributed by atoms with Crippen molar-refractivity contribution in [1.29, 1.82) is 0 Å². The molecule has 5 nitrogen and oxygen atoms in total. The minimum atomic E-state index is -0.0509. The molecule has 1 aromatic carbocycles. The van der Waals surface area contributed by atoms with Crippen LogP contribution in [0.3, 0.4) is 0 Å². The number of aliphatic hydroxyl groups is 1. The molecule has 3 N–H and O–H groups in total. The fraction of sp³-hybridized carbons (Fsp3) is 0.533. The number of aromatic hydroxyl groups is 1. The highest BCUT2D eigenvalue weighted by Crippen LogP contribution is 2.35. The first kappa shape index (κ1) is 17.5. The summed E-state index contributed by atoms with van der Waals surface area (Å²) in [4.78, 5) is 4.31. The maximum absolute atomic E-state index is 9.40. The number of methoxy groups -OCH3 is 1. The Hall–Kier alpha value is -1.53. The number of thiazole rings is 1. The van der Waals surface area contributed by atoms with Gasteiger partial charge in [-0.1, -0.05) is 31.6 Å². The molecule has 1 aromatic heterocycles. The van der Waals surface area contributed by atoms with Gasteiger partial charge in [-0.05, 0) is 18.9 Å². The Balaban J connectivity index is 0.000000270. The molecular formula is C15H24N2O3S. The van der Waals surface area contributed by atoms with E-state index in [0.717, 1.165) is 34.6 Å². The van der Waals surface area contributed by atoms with E-state index in [9.17, 15) is 5.11 Å². The molecule has 0 aliphatic carbocycles. The number of aromatic nitrogens is 1. The van der Waals surface area contributed by atoms with Gasteiger partial charge in [0.15, 0.2) is 5.13 Å². The molecule has 0 spiro atoms. The van der Waals surface area contributed by atoms with Gasteiger partial charge in [-0.3, -0.25) is 0 Å². The van der Waals surface area contributed by atoms with Gasteiger partial charge < -0.3 is 20.3 Å². The van der Waals surface area contributed by atoms with E-state index >= 15 is 0 Å². The molecule has 2 aromatic rings. The Labute approximate surface area is 129 Å². The second-order valence-corrected chi connectivity index (χ2v) is 5.65. The number of nitrogens with one attached hydrogen (secondary N) is 1. The highest BCUT2D eigenvalue weighted by Gasteiger charge is 2.09. The highest BCUT2D eigenvalue weighted by molar-refractivity contribution is 7.22. The van der Waals surface area contributed by atoms with Gasteiger partial charge in [0.1, 0.15) is 17.0 Å². The summed E-state index contributed by atoms with van der Waals surface area (Å²) in [5.74, 6) is 0.790. The van der Waals surface area contributed by atoms with Crippen LogP contribution in [-0.2, 0) is 0 Å². The zero-order valence-electron chi connectivity index (χ0n) is 13.0. The van der Waals surface area contributed by atoms with Crippen LogP contribution in [0.2, 0.25) is 0 Å². The van der Waals surface area contributed by atoms with Crippen LogP contribution in [0.4, 0.5) is 5.13 Å². The molecule has 0 aliphatic rings. The Kier molecular flexibility index (Phi) is 7.25. The summed E-state index contributed by atoms with van der Waals surface area (Å²) in [6.45, 7) is 4.08. The Morgan fingerprint density at radius 2 is 2.10 bits per heavy atom. The van der Waals surface area contributed by atoms with Crippen molar-refractivity contribution in [2.24, 2.45) is 0 Å². The number of fused-ring (bicyclic) bond motifs is 1. The van der Waals surface area contributed by atoms with Crippen LogP contribution in [0.1, 0.15) is 33.1 Å². The number of nitrogens with zero attached hydrogens (tertiary/aromatic N) is 1. The molecule has 0 aliphatic heterocycles. The van der Waals surface area contributed by atoms with Crippen LogP contribution in [-0.4, -0.2) is 35.5 Å². The Bertz CT molecular complexity index is 557. The van der Waals surface area contributed by atoms with Crippen molar-refractivity contribution in [2.75, 3.05) is 19.5 Å². The van der Waals surface area contributed by atoms with Gasteiger partial charge in [0.2, 0.25) is 0 Å². The molecule has 0 fully saturated rings. The van der Waals surface area contributed by atoms with Gasteiger partial charge in [0.25, 0.3) is 0 Å². The minimum Gasteiger partial charge on any atom is -0.508 e. The summed E-state index contributed by atoms with van der Waals surface area (Å²) >= 11 is 1.48. The van der Waals surface area contributed by atoms with Crippen LogP contribution in [0.25, 0.3) is 10.2 Å². The fourth-order valence-electron chi connectivity index (χ4n) is 1.78. The summed E-state index contributed by atoms with van der Waals surface area (Å²) in [5.41, 5.74) is 0.777. The number of benzene rings is 1. The maximum atomic E-state index is 9.40. The number of hydrogen-bond acceptors (Lipinski definition) is 6. The Morgan fingerprint density at radius 3 is 2.57 bits per heavy atom. The number of phenols is 1. The average molecular weight is 312 g/mol. The molecule has 118 valence electrons. The summed E-state index contributed by atoms with van der Waals surface area (Å²) < 4.78 is 6.03. The summed E-state index contributed by atoms with van der Waals surface area (Å²) in [6, 6.07) is 3.23. The maximum Gasteiger partial charge on any atom is 0.183 e. The van der Waals surface area contributed by atoms with Crippen molar-refractivity contribution in [2.45, 2.75) is 39.2 Å². The Morgan fingerprint density at radius 1 is 1.38 bits per heavy atom. The standard InChI is InChI=1S/C9H10N2O2S.C6H14O/c1-10-9-11-8-6(13-2)3-5(12)4-7(8)14-9;1-3-5-6(7)4-2/h3-4,12H,1-2H3,(H,10,11);6-7H,3-5H2,1-2H3. The molecule has 0 radical (unpaired) electrons. The SMILES string of the molecule is CCCC(O)CC.CNc1nc2c(OC)cc(O)cc2s1. The van der Waals surface area contributed by atoms with Crippen molar-refractivity contribution in [1.82, 2.24) is 4.98 Å². The van der Waals surface area contributed by atoms with Gasteiger partial charge in [-0.2, -0.15) is 0 Å². The van der Waals surface area contributed by atoms with E-state index in [0.29, 0.717) is 5.75 Å². The normalized spacial score (nSPS) is 11.7. The smallest absolute Gasteiger partial charge is 0.183 e. The fourth-order valence-corrected chi connectivity index (χ4v) is 2.65. The predicted octanol–water partition coefficient (Wildman–Crippen LogP) is 3.61. The van der Waals surface area contributed by atoms with E-state index in [1.807, 2.05) is 14.0 Å². The molecule has 0 saturated heterocycles. The largest absolute Gasteiger partial charge is 0.508 e. The lowest BCUT2D eigenvalue weighted by Gasteiger charge is -2.01.